The Hall–Kier alpha value is -0.330. The van der Waals surface area contributed by atoms with Crippen LogP contribution in [0.1, 0.15) is 52.4 Å². The Bertz CT molecular complexity index is 219. The van der Waals surface area contributed by atoms with Gasteiger partial charge in [-0.05, 0) is 49.4 Å². The second-order valence-corrected chi connectivity index (χ2v) is 5.62. The number of fused-ring (bicyclic) bond motifs is 1. The molecule has 0 aromatic carbocycles. The van der Waals surface area contributed by atoms with Crippen molar-refractivity contribution in [3.8, 4) is 0 Å². The third kappa shape index (κ3) is 2.02. The molecule has 0 bridgehead atoms. The van der Waals surface area contributed by atoms with Gasteiger partial charge in [0.05, 0.1) is 0 Å². The summed E-state index contributed by atoms with van der Waals surface area (Å²) in [4.78, 5) is 11.3. The fourth-order valence-electron chi connectivity index (χ4n) is 3.33. The standard InChI is InChI=1S/C13H22O/c1-9(2)10-3-4-12-8-13(14)6-5-11(12)7-10/h9-12H,3-8H2,1-2H3/t10?,11-,12+/m0/s1. The van der Waals surface area contributed by atoms with Crippen LogP contribution in [0.4, 0.5) is 0 Å². The van der Waals surface area contributed by atoms with Gasteiger partial charge >= 0.3 is 0 Å². The smallest absolute Gasteiger partial charge is 0.133 e. The lowest BCUT2D eigenvalue weighted by molar-refractivity contribution is -0.123. The zero-order valence-corrected chi connectivity index (χ0v) is 9.46. The van der Waals surface area contributed by atoms with Gasteiger partial charge in [-0.15, -0.1) is 0 Å². The molecular formula is C13H22O. The molecular weight excluding hydrogens is 172 g/mol. The SMILES string of the molecule is CC(C)C1CC[C@@H]2CC(=O)CC[C@H]2C1. The van der Waals surface area contributed by atoms with Gasteiger partial charge in [0.25, 0.3) is 0 Å². The second kappa shape index (κ2) is 4.04. The van der Waals surface area contributed by atoms with Gasteiger partial charge in [-0.3, -0.25) is 4.79 Å². The molecule has 1 nitrogen and oxygen atoms in total. The van der Waals surface area contributed by atoms with Crippen LogP contribution >= 0.6 is 0 Å². The molecule has 0 radical (unpaired) electrons. The van der Waals surface area contributed by atoms with Crippen molar-refractivity contribution in [2.24, 2.45) is 23.7 Å². The predicted octanol–water partition coefficient (Wildman–Crippen LogP) is 3.43. The largest absolute Gasteiger partial charge is 0.300 e. The van der Waals surface area contributed by atoms with E-state index in [-0.39, 0.29) is 0 Å². The topological polar surface area (TPSA) is 17.1 Å². The molecule has 0 aromatic heterocycles. The first-order valence-electron chi connectivity index (χ1n) is 6.18. The zero-order chi connectivity index (χ0) is 10.1. The molecule has 2 aliphatic rings. The molecule has 1 unspecified atom stereocenters. The van der Waals surface area contributed by atoms with Crippen molar-refractivity contribution >= 4 is 5.78 Å². The van der Waals surface area contributed by atoms with Crippen molar-refractivity contribution in [3.05, 3.63) is 0 Å². The fourth-order valence-corrected chi connectivity index (χ4v) is 3.33. The highest BCUT2D eigenvalue weighted by molar-refractivity contribution is 5.79. The summed E-state index contributed by atoms with van der Waals surface area (Å²) in [5, 5.41) is 0. The summed E-state index contributed by atoms with van der Waals surface area (Å²) >= 11 is 0. The van der Waals surface area contributed by atoms with Crippen LogP contribution < -0.4 is 0 Å². The molecule has 0 heterocycles. The second-order valence-electron chi connectivity index (χ2n) is 5.62. The molecule has 0 aliphatic heterocycles. The summed E-state index contributed by atoms with van der Waals surface area (Å²) in [6.07, 6.45) is 7.04. The summed E-state index contributed by atoms with van der Waals surface area (Å²) in [6.45, 7) is 4.69. The lowest BCUT2D eigenvalue weighted by Crippen LogP contribution is -2.32. The monoisotopic (exact) mass is 194 g/mol. The van der Waals surface area contributed by atoms with Crippen molar-refractivity contribution in [3.63, 3.8) is 0 Å². The van der Waals surface area contributed by atoms with Crippen LogP contribution in [0, 0.1) is 23.7 Å². The molecule has 14 heavy (non-hydrogen) atoms. The van der Waals surface area contributed by atoms with Crippen molar-refractivity contribution in [1.29, 1.82) is 0 Å². The first-order valence-corrected chi connectivity index (χ1v) is 6.18. The highest BCUT2D eigenvalue weighted by Gasteiger charge is 2.35. The number of Topliss-reactive ketones (excluding diaryl/α,β-unsaturated/α-hetero) is 1. The van der Waals surface area contributed by atoms with Gasteiger partial charge in [0, 0.05) is 12.8 Å². The lowest BCUT2D eigenvalue weighted by Gasteiger charge is -2.40. The Morgan fingerprint density at radius 2 is 1.93 bits per heavy atom. The van der Waals surface area contributed by atoms with E-state index in [4.69, 9.17) is 0 Å². The minimum absolute atomic E-state index is 0.522. The van der Waals surface area contributed by atoms with E-state index in [9.17, 15) is 4.79 Å². The molecule has 2 aliphatic carbocycles. The average Bonchev–Trinajstić information content (AvgIpc) is 2.16. The zero-order valence-electron chi connectivity index (χ0n) is 9.46. The Balaban J connectivity index is 1.94. The molecule has 2 rings (SSSR count). The van der Waals surface area contributed by atoms with Crippen LogP contribution in [0.25, 0.3) is 0 Å². The van der Waals surface area contributed by atoms with E-state index >= 15 is 0 Å². The Morgan fingerprint density at radius 3 is 2.64 bits per heavy atom. The fraction of sp³-hybridized carbons (Fsp3) is 0.923. The number of ketones is 1. The maximum Gasteiger partial charge on any atom is 0.133 e. The summed E-state index contributed by atoms with van der Waals surface area (Å²) in [7, 11) is 0. The van der Waals surface area contributed by atoms with Crippen molar-refractivity contribution in [1.82, 2.24) is 0 Å². The molecule has 0 N–H and O–H groups in total. The molecule has 2 saturated carbocycles. The molecule has 80 valence electrons. The summed E-state index contributed by atoms with van der Waals surface area (Å²) in [6, 6.07) is 0. The highest BCUT2D eigenvalue weighted by Crippen LogP contribution is 2.43. The molecule has 0 spiro atoms. The molecule has 1 heteroatoms. The number of hydrogen-bond acceptors (Lipinski definition) is 1. The summed E-state index contributed by atoms with van der Waals surface area (Å²) in [5.41, 5.74) is 0. The summed E-state index contributed by atoms with van der Waals surface area (Å²) in [5.74, 6) is 3.94. The van der Waals surface area contributed by atoms with Crippen LogP contribution in [0.15, 0.2) is 0 Å². The van der Waals surface area contributed by atoms with E-state index in [1.165, 1.54) is 25.7 Å². The van der Waals surface area contributed by atoms with Crippen LogP contribution in [-0.2, 0) is 4.79 Å². The van der Waals surface area contributed by atoms with E-state index < -0.39 is 0 Å². The first kappa shape index (κ1) is 10.2. The lowest BCUT2D eigenvalue weighted by atomic mass is 9.65. The minimum atomic E-state index is 0.522. The molecule has 0 saturated heterocycles. The number of rotatable bonds is 1. The van der Waals surface area contributed by atoms with Gasteiger partial charge in [0.15, 0.2) is 0 Å². The van der Waals surface area contributed by atoms with Crippen molar-refractivity contribution in [2.45, 2.75) is 52.4 Å². The van der Waals surface area contributed by atoms with E-state index in [2.05, 4.69) is 13.8 Å². The van der Waals surface area contributed by atoms with Crippen molar-refractivity contribution < 1.29 is 4.79 Å². The molecule has 2 fully saturated rings. The van der Waals surface area contributed by atoms with Gasteiger partial charge in [-0.25, -0.2) is 0 Å². The van der Waals surface area contributed by atoms with E-state index in [1.54, 1.807) is 0 Å². The Kier molecular flexibility index (Phi) is 2.94. The third-order valence-corrected chi connectivity index (χ3v) is 4.41. The van der Waals surface area contributed by atoms with Gasteiger partial charge in [-0.1, -0.05) is 13.8 Å². The van der Waals surface area contributed by atoms with Crippen LogP contribution in [0.3, 0.4) is 0 Å². The number of hydrogen-bond donors (Lipinski definition) is 0. The molecule has 3 atom stereocenters. The van der Waals surface area contributed by atoms with E-state index in [0.717, 1.165) is 36.5 Å². The van der Waals surface area contributed by atoms with Crippen LogP contribution in [0.5, 0.6) is 0 Å². The normalized spacial score (nSPS) is 38.5. The average molecular weight is 194 g/mol. The van der Waals surface area contributed by atoms with Gasteiger partial charge in [0.1, 0.15) is 5.78 Å². The Labute approximate surface area is 87.3 Å². The highest BCUT2D eigenvalue weighted by atomic mass is 16.1. The van der Waals surface area contributed by atoms with Crippen molar-refractivity contribution in [2.75, 3.05) is 0 Å². The maximum atomic E-state index is 11.3. The van der Waals surface area contributed by atoms with Gasteiger partial charge < -0.3 is 0 Å². The summed E-state index contributed by atoms with van der Waals surface area (Å²) < 4.78 is 0. The number of carbonyl (C=O) groups is 1. The maximum absolute atomic E-state index is 11.3. The van der Waals surface area contributed by atoms with E-state index in [1.807, 2.05) is 0 Å². The predicted molar refractivity (Wildman–Crippen MR) is 58.0 cm³/mol. The quantitative estimate of drug-likeness (QED) is 0.625. The van der Waals surface area contributed by atoms with Gasteiger partial charge in [-0.2, -0.15) is 0 Å². The third-order valence-electron chi connectivity index (χ3n) is 4.41. The first-order chi connectivity index (χ1) is 6.66. The van der Waals surface area contributed by atoms with Gasteiger partial charge in [0.2, 0.25) is 0 Å². The Morgan fingerprint density at radius 1 is 1.14 bits per heavy atom. The van der Waals surface area contributed by atoms with E-state index in [0.29, 0.717) is 5.78 Å². The van der Waals surface area contributed by atoms with Crippen LogP contribution in [-0.4, -0.2) is 5.78 Å². The number of carbonyl (C=O) groups excluding carboxylic acids is 1. The minimum Gasteiger partial charge on any atom is -0.300 e. The molecule has 0 aromatic rings. The molecule has 0 amide bonds. The van der Waals surface area contributed by atoms with Crippen LogP contribution in [0.2, 0.25) is 0 Å².